The quantitative estimate of drug-likeness (QED) is 0.723. The van der Waals surface area contributed by atoms with E-state index in [2.05, 4.69) is 15.1 Å². The summed E-state index contributed by atoms with van der Waals surface area (Å²) in [7, 11) is 0. The van der Waals surface area contributed by atoms with Crippen molar-refractivity contribution in [3.63, 3.8) is 0 Å². The molecule has 1 aliphatic heterocycles. The third-order valence-corrected chi connectivity index (χ3v) is 5.20. The van der Waals surface area contributed by atoms with Crippen molar-refractivity contribution in [1.82, 2.24) is 20.0 Å². The van der Waals surface area contributed by atoms with E-state index < -0.39 is 0 Å². The first-order chi connectivity index (χ1) is 11.2. The van der Waals surface area contributed by atoms with E-state index in [9.17, 15) is 4.79 Å². The lowest BCUT2D eigenvalue weighted by Crippen LogP contribution is -2.38. The number of aryl methyl sites for hydroxylation is 1. The van der Waals surface area contributed by atoms with Gasteiger partial charge in [0.1, 0.15) is 0 Å². The van der Waals surface area contributed by atoms with Crippen LogP contribution in [0.2, 0.25) is 0 Å². The number of carbonyl (C=O) groups excluding carboxylic acids is 1. The zero-order chi connectivity index (χ0) is 15.8. The monoisotopic (exact) mass is 328 g/mol. The Bertz CT molecular complexity index is 835. The first-order valence-corrected chi connectivity index (χ1v) is 8.45. The Balaban J connectivity index is 1.48. The lowest BCUT2D eigenvalue weighted by atomic mass is 9.95. The molecule has 0 unspecified atom stereocenters. The van der Waals surface area contributed by atoms with Crippen LogP contribution >= 0.6 is 11.3 Å². The summed E-state index contributed by atoms with van der Waals surface area (Å²) < 4.78 is 5.87. The van der Waals surface area contributed by atoms with E-state index in [1.54, 1.807) is 11.3 Å². The van der Waals surface area contributed by atoms with E-state index in [1.807, 2.05) is 30.0 Å². The second-order valence-corrected chi connectivity index (χ2v) is 7.01. The van der Waals surface area contributed by atoms with E-state index >= 15 is 0 Å². The number of carbonyl (C=O) groups is 1. The normalized spacial score (nSPS) is 16.1. The number of benzene rings is 1. The van der Waals surface area contributed by atoms with E-state index in [0.717, 1.165) is 52.5 Å². The first kappa shape index (κ1) is 14.3. The molecule has 1 saturated heterocycles. The molecule has 0 aliphatic carbocycles. The number of thiazole rings is 1. The number of nitrogens with zero attached hydrogens (tertiary/aromatic N) is 4. The molecule has 3 heterocycles. The van der Waals surface area contributed by atoms with Crippen LogP contribution in [-0.2, 0) is 0 Å². The molecule has 3 aromatic rings. The van der Waals surface area contributed by atoms with Crippen molar-refractivity contribution in [2.45, 2.75) is 25.7 Å². The molecule has 2 aromatic heterocycles. The van der Waals surface area contributed by atoms with Crippen LogP contribution in [0.3, 0.4) is 0 Å². The Kier molecular flexibility index (Phi) is 3.57. The highest BCUT2D eigenvalue weighted by molar-refractivity contribution is 7.18. The van der Waals surface area contributed by atoms with Gasteiger partial charge in [0.2, 0.25) is 6.39 Å². The maximum Gasteiger partial charge on any atom is 0.253 e. The van der Waals surface area contributed by atoms with Gasteiger partial charge in [0.05, 0.1) is 15.2 Å². The van der Waals surface area contributed by atoms with Gasteiger partial charge in [0, 0.05) is 24.6 Å². The maximum absolute atomic E-state index is 12.7. The fraction of sp³-hybridized carbons (Fsp3) is 0.375. The number of likely N-dealkylation sites (tertiary alicyclic amines) is 1. The molecule has 0 spiro atoms. The van der Waals surface area contributed by atoms with Crippen LogP contribution in [-0.4, -0.2) is 39.0 Å². The number of piperidine rings is 1. The smallest absolute Gasteiger partial charge is 0.253 e. The van der Waals surface area contributed by atoms with Gasteiger partial charge < -0.3 is 9.42 Å². The Morgan fingerprint density at radius 2 is 2.17 bits per heavy atom. The molecular weight excluding hydrogens is 312 g/mol. The molecule has 1 amide bonds. The average molecular weight is 328 g/mol. The van der Waals surface area contributed by atoms with Gasteiger partial charge in [-0.3, -0.25) is 4.79 Å². The lowest BCUT2D eigenvalue weighted by molar-refractivity contribution is 0.0711. The summed E-state index contributed by atoms with van der Waals surface area (Å²) >= 11 is 1.62. The maximum atomic E-state index is 12.7. The Hall–Kier alpha value is -2.28. The van der Waals surface area contributed by atoms with Crippen LogP contribution in [0.5, 0.6) is 0 Å². The summed E-state index contributed by atoms with van der Waals surface area (Å²) in [6.07, 6.45) is 3.10. The molecule has 0 saturated carbocycles. The minimum Gasteiger partial charge on any atom is -0.343 e. The van der Waals surface area contributed by atoms with Crippen molar-refractivity contribution in [1.29, 1.82) is 0 Å². The van der Waals surface area contributed by atoms with Crippen LogP contribution in [0.1, 0.15) is 39.9 Å². The fourth-order valence-corrected chi connectivity index (χ4v) is 3.92. The van der Waals surface area contributed by atoms with Gasteiger partial charge in [-0.05, 0) is 38.0 Å². The number of hydrogen-bond donors (Lipinski definition) is 0. The molecule has 4 rings (SSSR count). The minimum atomic E-state index is 0.0875. The molecule has 6 nitrogen and oxygen atoms in total. The predicted octanol–water partition coefficient (Wildman–Crippen LogP) is 3.01. The molecule has 1 fully saturated rings. The summed E-state index contributed by atoms with van der Waals surface area (Å²) in [4.78, 5) is 23.2. The molecule has 118 valence electrons. The largest absolute Gasteiger partial charge is 0.343 e. The molecule has 0 N–H and O–H groups in total. The Labute approximate surface area is 137 Å². The highest BCUT2D eigenvalue weighted by Crippen LogP contribution is 2.27. The van der Waals surface area contributed by atoms with Crippen LogP contribution < -0.4 is 0 Å². The number of aromatic nitrogens is 3. The van der Waals surface area contributed by atoms with E-state index in [0.29, 0.717) is 0 Å². The molecule has 1 aromatic carbocycles. The van der Waals surface area contributed by atoms with Crippen LogP contribution in [0.4, 0.5) is 0 Å². The number of amides is 1. The van der Waals surface area contributed by atoms with Crippen LogP contribution in [0.15, 0.2) is 29.1 Å². The van der Waals surface area contributed by atoms with Crippen molar-refractivity contribution in [3.8, 4) is 0 Å². The summed E-state index contributed by atoms with van der Waals surface area (Å²) in [5.74, 6) is 1.12. The van der Waals surface area contributed by atoms with E-state index in [4.69, 9.17) is 4.52 Å². The SMILES string of the molecule is Cc1nc2ccc(C(=O)N3CCC(c4ncon4)CC3)cc2s1. The number of hydrogen-bond acceptors (Lipinski definition) is 6. The summed E-state index contributed by atoms with van der Waals surface area (Å²) in [6.45, 7) is 3.42. The third kappa shape index (κ3) is 2.72. The number of fused-ring (bicyclic) bond motifs is 1. The molecule has 0 bridgehead atoms. The molecule has 0 radical (unpaired) electrons. The van der Waals surface area contributed by atoms with Crippen molar-refractivity contribution >= 4 is 27.5 Å². The molecule has 0 atom stereocenters. The van der Waals surface area contributed by atoms with Gasteiger partial charge in [-0.15, -0.1) is 11.3 Å². The standard InChI is InChI=1S/C16H16N4O2S/c1-10-18-13-3-2-12(8-14(13)23-10)16(21)20-6-4-11(5-7-20)15-17-9-22-19-15/h2-3,8-9,11H,4-7H2,1H3. The highest BCUT2D eigenvalue weighted by Gasteiger charge is 2.26. The van der Waals surface area contributed by atoms with Gasteiger partial charge in [-0.1, -0.05) is 5.16 Å². The predicted molar refractivity (Wildman–Crippen MR) is 86.5 cm³/mol. The number of rotatable bonds is 2. The topological polar surface area (TPSA) is 72.1 Å². The second kappa shape index (κ2) is 5.73. The zero-order valence-electron chi connectivity index (χ0n) is 12.7. The van der Waals surface area contributed by atoms with Crippen molar-refractivity contribution in [3.05, 3.63) is 41.0 Å². The minimum absolute atomic E-state index is 0.0875. The van der Waals surface area contributed by atoms with Crippen LogP contribution in [0.25, 0.3) is 10.2 Å². The Morgan fingerprint density at radius 1 is 1.35 bits per heavy atom. The third-order valence-electron chi connectivity index (χ3n) is 4.27. The van der Waals surface area contributed by atoms with Crippen molar-refractivity contribution in [2.75, 3.05) is 13.1 Å². The van der Waals surface area contributed by atoms with Gasteiger partial charge in [-0.25, -0.2) is 4.98 Å². The van der Waals surface area contributed by atoms with Crippen molar-refractivity contribution in [2.24, 2.45) is 0 Å². The summed E-state index contributed by atoms with van der Waals surface area (Å²) in [5, 5.41) is 4.93. The van der Waals surface area contributed by atoms with Gasteiger partial charge in [-0.2, -0.15) is 4.98 Å². The summed E-state index contributed by atoms with van der Waals surface area (Å²) in [5.41, 5.74) is 1.69. The highest BCUT2D eigenvalue weighted by atomic mass is 32.1. The van der Waals surface area contributed by atoms with Crippen molar-refractivity contribution < 1.29 is 9.32 Å². The lowest BCUT2D eigenvalue weighted by Gasteiger charge is -2.30. The fourth-order valence-electron chi connectivity index (χ4n) is 3.05. The van der Waals surface area contributed by atoms with E-state index in [1.165, 1.54) is 6.39 Å². The molecule has 23 heavy (non-hydrogen) atoms. The zero-order valence-corrected chi connectivity index (χ0v) is 13.5. The molecule has 1 aliphatic rings. The van der Waals surface area contributed by atoms with E-state index in [-0.39, 0.29) is 11.8 Å². The second-order valence-electron chi connectivity index (χ2n) is 5.77. The average Bonchev–Trinajstić information content (AvgIpc) is 3.22. The molecule has 7 heteroatoms. The molecular formula is C16H16N4O2S. The summed E-state index contributed by atoms with van der Waals surface area (Å²) in [6, 6.07) is 5.75. The Morgan fingerprint density at radius 3 is 2.91 bits per heavy atom. The first-order valence-electron chi connectivity index (χ1n) is 7.63. The van der Waals surface area contributed by atoms with Gasteiger partial charge in [0.25, 0.3) is 5.91 Å². The van der Waals surface area contributed by atoms with Gasteiger partial charge >= 0.3 is 0 Å². The van der Waals surface area contributed by atoms with Crippen LogP contribution in [0, 0.1) is 6.92 Å². The van der Waals surface area contributed by atoms with Gasteiger partial charge in [0.15, 0.2) is 5.82 Å².